The van der Waals surface area contributed by atoms with Crippen LogP contribution in [0.5, 0.6) is 0 Å². The molecule has 3 rings (SSSR count). The Hall–Kier alpha value is -2.23. The molecule has 96 valence electrons. The third-order valence-corrected chi connectivity index (χ3v) is 3.51. The summed E-state index contributed by atoms with van der Waals surface area (Å²) in [4.78, 5) is 19.6. The summed E-state index contributed by atoms with van der Waals surface area (Å²) in [5, 5.41) is 9.06. The molecule has 19 heavy (non-hydrogen) atoms. The lowest BCUT2D eigenvalue weighted by Gasteiger charge is -2.09. The maximum atomic E-state index is 11.0. The number of carboxylic acids is 1. The van der Waals surface area contributed by atoms with Crippen LogP contribution in [0.25, 0.3) is 0 Å². The van der Waals surface area contributed by atoms with Crippen LogP contribution in [0, 0.1) is 6.92 Å². The molecule has 2 aromatic rings. The Labute approximate surface area is 111 Å². The summed E-state index contributed by atoms with van der Waals surface area (Å²) in [5.41, 5.74) is 3.42. The fourth-order valence-corrected chi connectivity index (χ4v) is 2.63. The Morgan fingerprint density at radius 1 is 1.21 bits per heavy atom. The lowest BCUT2D eigenvalue weighted by Crippen LogP contribution is -2.11. The number of benzene rings is 1. The molecule has 0 bridgehead atoms. The molecular formula is C15H14N2O2. The van der Waals surface area contributed by atoms with E-state index in [0.29, 0.717) is 11.5 Å². The minimum absolute atomic E-state index is 0.0819. The molecule has 4 nitrogen and oxygen atoms in total. The molecule has 1 aliphatic carbocycles. The van der Waals surface area contributed by atoms with Crippen molar-refractivity contribution >= 4 is 5.97 Å². The van der Waals surface area contributed by atoms with Crippen molar-refractivity contribution in [1.29, 1.82) is 0 Å². The summed E-state index contributed by atoms with van der Waals surface area (Å²) in [6.07, 6.45) is 1.78. The predicted molar refractivity (Wildman–Crippen MR) is 70.3 cm³/mol. The summed E-state index contributed by atoms with van der Waals surface area (Å²) < 4.78 is 0. The van der Waals surface area contributed by atoms with Crippen molar-refractivity contribution in [2.45, 2.75) is 25.7 Å². The van der Waals surface area contributed by atoms with Crippen LogP contribution < -0.4 is 0 Å². The van der Waals surface area contributed by atoms with Crippen LogP contribution in [-0.4, -0.2) is 21.0 Å². The van der Waals surface area contributed by atoms with Gasteiger partial charge in [-0.1, -0.05) is 24.3 Å². The average molecular weight is 254 g/mol. The second kappa shape index (κ2) is 4.46. The SMILES string of the molecule is Cc1cc(C(=O)O)nc(C2Cc3ccccc3C2)n1. The van der Waals surface area contributed by atoms with E-state index in [2.05, 4.69) is 22.1 Å². The van der Waals surface area contributed by atoms with Crippen molar-refractivity contribution in [1.82, 2.24) is 9.97 Å². The van der Waals surface area contributed by atoms with Crippen molar-refractivity contribution in [2.24, 2.45) is 0 Å². The van der Waals surface area contributed by atoms with Crippen LogP contribution in [0.1, 0.15) is 39.1 Å². The van der Waals surface area contributed by atoms with Crippen molar-refractivity contribution in [2.75, 3.05) is 0 Å². The number of hydrogen-bond donors (Lipinski definition) is 1. The molecule has 1 N–H and O–H groups in total. The quantitative estimate of drug-likeness (QED) is 0.893. The number of nitrogens with zero attached hydrogens (tertiary/aromatic N) is 2. The maximum Gasteiger partial charge on any atom is 0.354 e. The number of aromatic carboxylic acids is 1. The number of fused-ring (bicyclic) bond motifs is 1. The molecule has 0 amide bonds. The van der Waals surface area contributed by atoms with Crippen LogP contribution in [0.15, 0.2) is 30.3 Å². The highest BCUT2D eigenvalue weighted by Crippen LogP contribution is 2.32. The molecule has 0 spiro atoms. The summed E-state index contributed by atoms with van der Waals surface area (Å²) in [6.45, 7) is 1.81. The van der Waals surface area contributed by atoms with E-state index in [4.69, 9.17) is 5.11 Å². The molecule has 1 aromatic carbocycles. The van der Waals surface area contributed by atoms with Gasteiger partial charge in [0.1, 0.15) is 5.82 Å². The molecule has 0 radical (unpaired) electrons. The van der Waals surface area contributed by atoms with Crippen molar-refractivity contribution in [3.8, 4) is 0 Å². The van der Waals surface area contributed by atoms with Gasteiger partial charge >= 0.3 is 5.97 Å². The minimum atomic E-state index is -0.998. The van der Waals surface area contributed by atoms with Gasteiger partial charge in [0.25, 0.3) is 0 Å². The third-order valence-electron chi connectivity index (χ3n) is 3.51. The minimum Gasteiger partial charge on any atom is -0.477 e. The Kier molecular flexibility index (Phi) is 2.78. The molecule has 0 atom stereocenters. The number of aryl methyl sites for hydroxylation is 1. The van der Waals surface area contributed by atoms with E-state index in [1.54, 1.807) is 6.92 Å². The van der Waals surface area contributed by atoms with Gasteiger partial charge in [-0.2, -0.15) is 0 Å². The third kappa shape index (κ3) is 2.21. The zero-order valence-electron chi connectivity index (χ0n) is 10.6. The summed E-state index contributed by atoms with van der Waals surface area (Å²) >= 11 is 0. The highest BCUT2D eigenvalue weighted by molar-refractivity contribution is 5.85. The Morgan fingerprint density at radius 3 is 2.42 bits per heavy atom. The first-order chi connectivity index (χ1) is 9.13. The monoisotopic (exact) mass is 254 g/mol. The van der Waals surface area contributed by atoms with Crippen LogP contribution in [0.4, 0.5) is 0 Å². The normalized spacial score (nSPS) is 14.4. The zero-order chi connectivity index (χ0) is 13.4. The van der Waals surface area contributed by atoms with Gasteiger partial charge in [0.15, 0.2) is 5.69 Å². The van der Waals surface area contributed by atoms with E-state index in [-0.39, 0.29) is 11.6 Å². The molecule has 0 saturated heterocycles. The summed E-state index contributed by atoms with van der Waals surface area (Å²) in [7, 11) is 0. The Balaban J connectivity index is 1.95. The standard InChI is InChI=1S/C15H14N2O2/c1-9-6-13(15(18)19)17-14(16-9)12-7-10-4-2-3-5-11(10)8-12/h2-6,12H,7-8H2,1H3,(H,18,19). The first-order valence-corrected chi connectivity index (χ1v) is 6.29. The smallest absolute Gasteiger partial charge is 0.354 e. The lowest BCUT2D eigenvalue weighted by molar-refractivity contribution is 0.0689. The fraction of sp³-hybridized carbons (Fsp3) is 0.267. The van der Waals surface area contributed by atoms with E-state index < -0.39 is 5.97 Å². The van der Waals surface area contributed by atoms with Gasteiger partial charge in [0.05, 0.1) is 0 Å². The molecule has 0 unspecified atom stereocenters. The molecular weight excluding hydrogens is 240 g/mol. The van der Waals surface area contributed by atoms with Crippen LogP contribution in [0.2, 0.25) is 0 Å². The highest BCUT2D eigenvalue weighted by atomic mass is 16.4. The van der Waals surface area contributed by atoms with Crippen LogP contribution in [0.3, 0.4) is 0 Å². The number of carbonyl (C=O) groups is 1. The lowest BCUT2D eigenvalue weighted by atomic mass is 10.1. The van der Waals surface area contributed by atoms with E-state index in [0.717, 1.165) is 12.8 Å². The van der Waals surface area contributed by atoms with Gasteiger partial charge in [-0.05, 0) is 37.0 Å². The van der Waals surface area contributed by atoms with E-state index >= 15 is 0 Å². The van der Waals surface area contributed by atoms with Gasteiger partial charge in [-0.15, -0.1) is 0 Å². The topological polar surface area (TPSA) is 63.1 Å². The average Bonchev–Trinajstić information content (AvgIpc) is 2.81. The molecule has 1 heterocycles. The molecule has 1 aliphatic rings. The van der Waals surface area contributed by atoms with E-state index in [1.165, 1.54) is 17.2 Å². The molecule has 0 fully saturated rings. The van der Waals surface area contributed by atoms with Gasteiger partial charge in [0.2, 0.25) is 0 Å². The number of carboxylic acid groups (broad SMARTS) is 1. The molecule has 1 aromatic heterocycles. The predicted octanol–water partition coefficient (Wildman–Crippen LogP) is 2.37. The first kappa shape index (κ1) is 11.8. The van der Waals surface area contributed by atoms with Crippen LogP contribution >= 0.6 is 0 Å². The second-order valence-electron chi connectivity index (χ2n) is 4.93. The largest absolute Gasteiger partial charge is 0.477 e. The second-order valence-corrected chi connectivity index (χ2v) is 4.93. The van der Waals surface area contributed by atoms with Gasteiger partial charge < -0.3 is 5.11 Å². The van der Waals surface area contributed by atoms with Crippen molar-refractivity contribution < 1.29 is 9.90 Å². The maximum absolute atomic E-state index is 11.0. The highest BCUT2D eigenvalue weighted by Gasteiger charge is 2.25. The first-order valence-electron chi connectivity index (χ1n) is 6.29. The van der Waals surface area contributed by atoms with Gasteiger partial charge in [0, 0.05) is 11.6 Å². The Bertz CT molecular complexity index is 627. The molecule has 0 saturated carbocycles. The van der Waals surface area contributed by atoms with Crippen molar-refractivity contribution in [3.05, 3.63) is 58.7 Å². The fourth-order valence-electron chi connectivity index (χ4n) is 2.63. The summed E-state index contributed by atoms with van der Waals surface area (Å²) in [5.74, 6) is -0.161. The Morgan fingerprint density at radius 2 is 1.84 bits per heavy atom. The van der Waals surface area contributed by atoms with Crippen molar-refractivity contribution in [3.63, 3.8) is 0 Å². The van der Waals surface area contributed by atoms with Gasteiger partial charge in [-0.25, -0.2) is 14.8 Å². The van der Waals surface area contributed by atoms with E-state index in [1.807, 2.05) is 12.1 Å². The van der Waals surface area contributed by atoms with E-state index in [9.17, 15) is 4.79 Å². The van der Waals surface area contributed by atoms with Crippen LogP contribution in [-0.2, 0) is 12.8 Å². The zero-order valence-corrected chi connectivity index (χ0v) is 10.6. The molecule has 0 aliphatic heterocycles. The van der Waals surface area contributed by atoms with Gasteiger partial charge in [-0.3, -0.25) is 0 Å². The number of rotatable bonds is 2. The number of aromatic nitrogens is 2. The molecule has 4 heteroatoms. The summed E-state index contributed by atoms with van der Waals surface area (Å²) in [6, 6.07) is 9.79. The number of hydrogen-bond acceptors (Lipinski definition) is 3.